The predicted octanol–water partition coefficient (Wildman–Crippen LogP) is 1.93. The molecule has 17 heavy (non-hydrogen) atoms. The molecule has 1 atom stereocenters. The maximum Gasteiger partial charge on any atom is 0.227 e. The molecule has 0 bridgehead atoms. The molecular formula is C11H12ClFN2O2. The van der Waals surface area contributed by atoms with Crippen LogP contribution in [-0.2, 0) is 9.59 Å². The predicted molar refractivity (Wildman–Crippen MR) is 63.0 cm³/mol. The van der Waals surface area contributed by atoms with E-state index in [0.717, 1.165) is 6.07 Å². The number of carbonyl (C=O) groups excluding carboxylic acids is 2. The molecule has 3 N–H and O–H groups in total. The summed E-state index contributed by atoms with van der Waals surface area (Å²) in [7, 11) is 0. The molecule has 0 aliphatic carbocycles. The fourth-order valence-corrected chi connectivity index (χ4v) is 1.41. The highest BCUT2D eigenvalue weighted by molar-refractivity contribution is 6.31. The van der Waals surface area contributed by atoms with Gasteiger partial charge in [0.2, 0.25) is 11.8 Å². The van der Waals surface area contributed by atoms with Gasteiger partial charge in [0.1, 0.15) is 5.82 Å². The van der Waals surface area contributed by atoms with E-state index < -0.39 is 17.6 Å². The zero-order valence-electron chi connectivity index (χ0n) is 9.17. The van der Waals surface area contributed by atoms with Crippen molar-refractivity contribution in [3.05, 3.63) is 29.0 Å². The Morgan fingerprint density at radius 1 is 1.53 bits per heavy atom. The number of hydrogen-bond donors (Lipinski definition) is 2. The lowest BCUT2D eigenvalue weighted by Gasteiger charge is -2.10. The Bertz CT molecular complexity index is 451. The molecule has 1 unspecified atom stereocenters. The number of nitrogens with one attached hydrogen (secondary N) is 1. The van der Waals surface area contributed by atoms with Gasteiger partial charge in [-0.25, -0.2) is 4.39 Å². The highest BCUT2D eigenvalue weighted by atomic mass is 35.5. The van der Waals surface area contributed by atoms with Gasteiger partial charge in [0, 0.05) is 18.0 Å². The molecule has 2 amide bonds. The third kappa shape index (κ3) is 4.03. The quantitative estimate of drug-likeness (QED) is 0.866. The van der Waals surface area contributed by atoms with Crippen molar-refractivity contribution in [2.45, 2.75) is 13.3 Å². The topological polar surface area (TPSA) is 72.2 Å². The van der Waals surface area contributed by atoms with Crippen molar-refractivity contribution in [1.82, 2.24) is 0 Å². The van der Waals surface area contributed by atoms with E-state index in [2.05, 4.69) is 5.32 Å². The summed E-state index contributed by atoms with van der Waals surface area (Å²) in [5.74, 6) is -2.03. The van der Waals surface area contributed by atoms with E-state index in [1.165, 1.54) is 12.1 Å². The number of primary amides is 1. The van der Waals surface area contributed by atoms with E-state index in [1.807, 2.05) is 0 Å². The molecule has 6 heteroatoms. The molecule has 92 valence electrons. The van der Waals surface area contributed by atoms with Gasteiger partial charge in [0.25, 0.3) is 0 Å². The molecular weight excluding hydrogens is 247 g/mol. The van der Waals surface area contributed by atoms with E-state index >= 15 is 0 Å². The van der Waals surface area contributed by atoms with Gasteiger partial charge in [-0.3, -0.25) is 9.59 Å². The first-order chi connectivity index (χ1) is 7.90. The first kappa shape index (κ1) is 13.4. The van der Waals surface area contributed by atoms with E-state index in [9.17, 15) is 14.0 Å². The number of hydrogen-bond acceptors (Lipinski definition) is 2. The van der Waals surface area contributed by atoms with Crippen LogP contribution in [0.1, 0.15) is 13.3 Å². The average Bonchev–Trinajstić information content (AvgIpc) is 2.22. The molecule has 0 spiro atoms. The van der Waals surface area contributed by atoms with Crippen molar-refractivity contribution in [2.24, 2.45) is 11.7 Å². The normalized spacial score (nSPS) is 11.9. The van der Waals surface area contributed by atoms with E-state index in [1.54, 1.807) is 6.92 Å². The van der Waals surface area contributed by atoms with Gasteiger partial charge in [0.05, 0.1) is 5.02 Å². The fraction of sp³-hybridized carbons (Fsp3) is 0.273. The highest BCUT2D eigenvalue weighted by Gasteiger charge is 2.15. The van der Waals surface area contributed by atoms with Crippen molar-refractivity contribution in [3.63, 3.8) is 0 Å². The number of carbonyl (C=O) groups is 2. The number of amides is 2. The number of halogens is 2. The van der Waals surface area contributed by atoms with Crippen LogP contribution in [0, 0.1) is 11.7 Å². The van der Waals surface area contributed by atoms with Gasteiger partial charge in [-0.2, -0.15) is 0 Å². The lowest BCUT2D eigenvalue weighted by Crippen LogP contribution is -2.25. The second kappa shape index (κ2) is 5.63. The second-order valence-corrected chi connectivity index (χ2v) is 4.10. The smallest absolute Gasteiger partial charge is 0.227 e. The van der Waals surface area contributed by atoms with Crippen LogP contribution in [0.4, 0.5) is 10.1 Å². The van der Waals surface area contributed by atoms with Crippen molar-refractivity contribution in [2.75, 3.05) is 5.32 Å². The summed E-state index contributed by atoms with van der Waals surface area (Å²) < 4.78 is 12.9. The van der Waals surface area contributed by atoms with E-state index in [0.29, 0.717) is 5.69 Å². The lowest BCUT2D eigenvalue weighted by atomic mass is 10.1. The maximum atomic E-state index is 12.9. The molecule has 0 fully saturated rings. The number of nitrogens with two attached hydrogens (primary N) is 1. The Morgan fingerprint density at radius 3 is 2.71 bits per heavy atom. The number of rotatable bonds is 4. The Hall–Kier alpha value is -1.62. The average molecular weight is 259 g/mol. The Balaban J connectivity index is 2.67. The third-order valence-corrected chi connectivity index (χ3v) is 2.43. The van der Waals surface area contributed by atoms with Crippen molar-refractivity contribution in [3.8, 4) is 0 Å². The third-order valence-electron chi connectivity index (χ3n) is 2.14. The first-order valence-corrected chi connectivity index (χ1v) is 5.32. The van der Waals surface area contributed by atoms with Gasteiger partial charge < -0.3 is 11.1 Å². The minimum absolute atomic E-state index is 0.0409. The highest BCUT2D eigenvalue weighted by Crippen LogP contribution is 2.20. The summed E-state index contributed by atoms with van der Waals surface area (Å²) in [5.41, 5.74) is 5.35. The van der Waals surface area contributed by atoms with E-state index in [4.69, 9.17) is 17.3 Å². The van der Waals surface area contributed by atoms with Crippen LogP contribution >= 0.6 is 11.6 Å². The van der Waals surface area contributed by atoms with Crippen molar-refractivity contribution >= 4 is 29.1 Å². The minimum atomic E-state index is -0.560. The standard InChI is InChI=1S/C11H12ClFN2O2/c1-6(4-10(14)16)11(17)15-7-2-3-9(13)8(12)5-7/h2-3,5-6H,4H2,1H3,(H2,14,16)(H,15,17). The summed E-state index contributed by atoms with van der Waals surface area (Å²) in [6, 6.07) is 3.83. The lowest BCUT2D eigenvalue weighted by molar-refractivity contribution is -0.125. The summed E-state index contributed by atoms with van der Waals surface area (Å²) in [4.78, 5) is 22.2. The monoisotopic (exact) mass is 258 g/mol. The van der Waals surface area contributed by atoms with Gasteiger partial charge in [-0.05, 0) is 18.2 Å². The van der Waals surface area contributed by atoms with Crippen LogP contribution in [0.2, 0.25) is 5.02 Å². The molecule has 0 aliphatic heterocycles. The van der Waals surface area contributed by atoms with Gasteiger partial charge in [0.15, 0.2) is 0 Å². The van der Waals surface area contributed by atoms with Crippen molar-refractivity contribution in [1.29, 1.82) is 0 Å². The summed E-state index contributed by atoms with van der Waals surface area (Å²) >= 11 is 5.56. The molecule has 0 heterocycles. The number of anilines is 1. The van der Waals surface area contributed by atoms with Gasteiger partial charge >= 0.3 is 0 Å². The largest absolute Gasteiger partial charge is 0.370 e. The Kier molecular flexibility index (Phi) is 4.45. The zero-order chi connectivity index (χ0) is 13.0. The SMILES string of the molecule is CC(CC(N)=O)C(=O)Nc1ccc(F)c(Cl)c1. The van der Waals surface area contributed by atoms with Crippen LogP contribution in [0.3, 0.4) is 0 Å². The van der Waals surface area contributed by atoms with Crippen LogP contribution < -0.4 is 11.1 Å². The fourth-order valence-electron chi connectivity index (χ4n) is 1.23. The first-order valence-electron chi connectivity index (χ1n) is 4.94. The van der Waals surface area contributed by atoms with Crippen LogP contribution in [0.5, 0.6) is 0 Å². The van der Waals surface area contributed by atoms with E-state index in [-0.39, 0.29) is 17.4 Å². The second-order valence-electron chi connectivity index (χ2n) is 3.69. The summed E-state index contributed by atoms with van der Waals surface area (Å²) in [6.07, 6.45) is -0.0409. The van der Waals surface area contributed by atoms with Gasteiger partial charge in [-0.15, -0.1) is 0 Å². The maximum absolute atomic E-state index is 12.9. The molecule has 0 aromatic heterocycles. The molecule has 0 radical (unpaired) electrons. The van der Waals surface area contributed by atoms with Crippen LogP contribution in [0.25, 0.3) is 0 Å². The molecule has 0 aliphatic rings. The zero-order valence-corrected chi connectivity index (χ0v) is 9.92. The molecule has 0 saturated carbocycles. The summed E-state index contributed by atoms with van der Waals surface area (Å²) in [5, 5.41) is 2.44. The molecule has 1 aromatic carbocycles. The molecule has 0 saturated heterocycles. The minimum Gasteiger partial charge on any atom is -0.370 e. The Morgan fingerprint density at radius 2 is 2.18 bits per heavy atom. The van der Waals surface area contributed by atoms with Crippen molar-refractivity contribution < 1.29 is 14.0 Å². The molecule has 1 aromatic rings. The molecule has 4 nitrogen and oxygen atoms in total. The van der Waals surface area contributed by atoms with Crippen LogP contribution in [0.15, 0.2) is 18.2 Å². The summed E-state index contributed by atoms with van der Waals surface area (Å²) in [6.45, 7) is 1.57. The van der Waals surface area contributed by atoms with Crippen LogP contribution in [-0.4, -0.2) is 11.8 Å². The Labute approximate surface area is 103 Å². The molecule has 1 rings (SSSR count). The van der Waals surface area contributed by atoms with Gasteiger partial charge in [-0.1, -0.05) is 18.5 Å². The number of benzene rings is 1.